The van der Waals surface area contributed by atoms with Crippen molar-refractivity contribution in [3.8, 4) is 0 Å². The summed E-state index contributed by atoms with van der Waals surface area (Å²) in [5, 5.41) is 0. The molecule has 7 nitrogen and oxygen atoms in total. The molecule has 0 N–H and O–H groups in total. The lowest BCUT2D eigenvalue weighted by atomic mass is 9.95. The van der Waals surface area contributed by atoms with E-state index >= 15 is 0 Å². The summed E-state index contributed by atoms with van der Waals surface area (Å²) in [5.41, 5.74) is 3.03. The first-order valence-corrected chi connectivity index (χ1v) is 14.7. The first kappa shape index (κ1) is 29.5. The third-order valence-corrected chi connectivity index (χ3v) is 8.51. The zero-order valence-electron chi connectivity index (χ0n) is 23.6. The predicted molar refractivity (Wildman–Crippen MR) is 157 cm³/mol. The van der Waals surface area contributed by atoms with E-state index in [9.17, 15) is 4.79 Å². The van der Waals surface area contributed by atoms with Crippen LogP contribution < -0.4 is 0 Å². The molecule has 3 aromatic carbocycles. The Kier molecular flexibility index (Phi) is 9.92. The lowest BCUT2D eigenvalue weighted by Crippen LogP contribution is -2.69. The molecule has 0 bridgehead atoms. The number of benzene rings is 3. The molecule has 0 aliphatic carbocycles. The van der Waals surface area contributed by atoms with Crippen LogP contribution in [0.2, 0.25) is 0 Å². The number of Topliss-reactive ketones (excluding diaryl/α,β-unsaturated/α-hetero) is 1. The maximum atomic E-state index is 12.3. The molecule has 0 saturated carbocycles. The van der Waals surface area contributed by atoms with Crippen molar-refractivity contribution in [3.05, 3.63) is 118 Å². The zero-order valence-corrected chi connectivity index (χ0v) is 24.4. The van der Waals surface area contributed by atoms with Gasteiger partial charge in [0, 0.05) is 7.11 Å². The number of rotatable bonds is 11. The number of thioether (sulfide) groups is 1. The molecular formula is C33H36O7S. The average Bonchev–Trinajstić information content (AvgIpc) is 3.00. The Labute approximate surface area is 245 Å². The number of ether oxygens (including phenoxy) is 6. The van der Waals surface area contributed by atoms with Crippen molar-refractivity contribution in [2.45, 2.75) is 64.1 Å². The molecule has 0 amide bonds. The fraction of sp³-hybridized carbons (Fsp3) is 0.364. The molecule has 1 saturated heterocycles. The minimum absolute atomic E-state index is 0.0517. The Hall–Kier alpha value is -2.98. The molecule has 2 aliphatic heterocycles. The molecule has 8 heteroatoms. The number of methoxy groups -OCH3 is 1. The van der Waals surface area contributed by atoms with Gasteiger partial charge in [-0.05, 0) is 30.5 Å². The van der Waals surface area contributed by atoms with Gasteiger partial charge >= 0.3 is 0 Å². The van der Waals surface area contributed by atoms with Crippen LogP contribution in [0.1, 0.15) is 30.5 Å². The maximum absolute atomic E-state index is 12.3. The van der Waals surface area contributed by atoms with Crippen molar-refractivity contribution in [3.63, 3.8) is 0 Å². The van der Waals surface area contributed by atoms with Crippen LogP contribution in [0.25, 0.3) is 0 Å². The van der Waals surface area contributed by atoms with Crippen molar-refractivity contribution in [2.24, 2.45) is 0 Å². The van der Waals surface area contributed by atoms with Gasteiger partial charge in [0.2, 0.25) is 0 Å². The molecule has 2 heterocycles. The quantitative estimate of drug-likeness (QED) is 0.274. The third-order valence-electron chi connectivity index (χ3n) is 7.10. The molecule has 0 aromatic heterocycles. The molecule has 1 fully saturated rings. The van der Waals surface area contributed by atoms with Crippen molar-refractivity contribution in [2.75, 3.05) is 12.9 Å². The topological polar surface area (TPSA) is 72.5 Å². The van der Waals surface area contributed by atoms with E-state index < -0.39 is 30.4 Å². The highest BCUT2D eigenvalue weighted by Gasteiger charge is 2.60. The van der Waals surface area contributed by atoms with Crippen LogP contribution in [-0.4, -0.2) is 49.0 Å². The van der Waals surface area contributed by atoms with Gasteiger partial charge in [-0.2, -0.15) is 0 Å². The zero-order chi connectivity index (χ0) is 28.7. The van der Waals surface area contributed by atoms with Crippen molar-refractivity contribution >= 4 is 17.5 Å². The summed E-state index contributed by atoms with van der Waals surface area (Å²) in [6.45, 7) is 4.29. The second-order valence-corrected chi connectivity index (χ2v) is 11.1. The number of ketones is 1. The largest absolute Gasteiger partial charge is 0.462 e. The average molecular weight is 577 g/mol. The van der Waals surface area contributed by atoms with E-state index in [2.05, 4.69) is 0 Å². The Morgan fingerprint density at radius 1 is 0.805 bits per heavy atom. The highest BCUT2D eigenvalue weighted by atomic mass is 32.2. The van der Waals surface area contributed by atoms with Gasteiger partial charge in [-0.3, -0.25) is 4.79 Å². The SMILES string of the molecule is CO[C@H]1O[C@@]2(CSC(C(C)=O)=C(C)O2)[C@@H](OCc2ccccc2)[C@H](OCc2ccccc2)[C@H]1OCc1ccccc1. The highest BCUT2D eigenvalue weighted by Crippen LogP contribution is 2.45. The van der Waals surface area contributed by atoms with Crippen molar-refractivity contribution < 1.29 is 33.2 Å². The van der Waals surface area contributed by atoms with E-state index in [1.807, 2.05) is 91.0 Å². The molecule has 216 valence electrons. The van der Waals surface area contributed by atoms with Crippen LogP contribution in [0.15, 0.2) is 102 Å². The fourth-order valence-electron chi connectivity index (χ4n) is 5.12. The Morgan fingerprint density at radius 3 is 1.76 bits per heavy atom. The molecule has 1 spiro atoms. The molecule has 3 aromatic rings. The molecule has 2 aliphatic rings. The molecule has 5 atom stereocenters. The van der Waals surface area contributed by atoms with Crippen LogP contribution in [0, 0.1) is 0 Å². The second-order valence-electron chi connectivity index (χ2n) is 10.1. The number of carbonyl (C=O) groups excluding carboxylic acids is 1. The van der Waals surface area contributed by atoms with E-state index in [1.54, 1.807) is 14.0 Å². The molecule has 5 rings (SSSR count). The molecule has 41 heavy (non-hydrogen) atoms. The van der Waals surface area contributed by atoms with Gasteiger partial charge in [-0.1, -0.05) is 91.0 Å². The van der Waals surface area contributed by atoms with Gasteiger partial charge in [-0.15, -0.1) is 11.8 Å². The second kappa shape index (κ2) is 13.8. The maximum Gasteiger partial charge on any atom is 0.250 e. The molecule has 0 unspecified atom stereocenters. The number of hydrogen-bond donors (Lipinski definition) is 0. The summed E-state index contributed by atoms with van der Waals surface area (Å²) in [5.74, 6) is -0.529. The Morgan fingerprint density at radius 2 is 1.29 bits per heavy atom. The summed E-state index contributed by atoms with van der Waals surface area (Å²) in [6.07, 6.45) is -2.80. The number of hydrogen-bond acceptors (Lipinski definition) is 8. The van der Waals surface area contributed by atoms with E-state index in [0.717, 1.165) is 16.7 Å². The minimum atomic E-state index is -1.28. The lowest BCUT2D eigenvalue weighted by Gasteiger charge is -2.52. The predicted octanol–water partition coefficient (Wildman–Crippen LogP) is 6.03. The molecule has 0 radical (unpaired) electrons. The summed E-state index contributed by atoms with van der Waals surface area (Å²) < 4.78 is 38.8. The number of carbonyl (C=O) groups is 1. The first-order valence-electron chi connectivity index (χ1n) is 13.7. The summed E-state index contributed by atoms with van der Waals surface area (Å²) in [6, 6.07) is 29.8. The van der Waals surface area contributed by atoms with E-state index in [4.69, 9.17) is 28.4 Å². The van der Waals surface area contributed by atoms with Crippen LogP contribution in [0.4, 0.5) is 0 Å². The minimum Gasteiger partial charge on any atom is -0.462 e. The van der Waals surface area contributed by atoms with Crippen LogP contribution >= 0.6 is 11.8 Å². The standard InChI is InChI=1S/C33H36O7S/c1-23(34)30-24(2)39-33(22-41-30)31(38-21-27-17-11-6-12-18-27)28(36-19-25-13-7-4-8-14-25)29(32(35-3)40-33)37-20-26-15-9-5-10-16-26/h4-18,28-29,31-32H,19-22H2,1-3H3/t28-,29-,31+,32+,33+/m1/s1. The van der Waals surface area contributed by atoms with Crippen molar-refractivity contribution in [1.29, 1.82) is 0 Å². The van der Waals surface area contributed by atoms with Crippen LogP contribution in [-0.2, 0) is 53.0 Å². The van der Waals surface area contributed by atoms with Gasteiger partial charge in [0.25, 0.3) is 5.79 Å². The van der Waals surface area contributed by atoms with E-state index in [0.29, 0.717) is 36.2 Å². The van der Waals surface area contributed by atoms with E-state index in [1.165, 1.54) is 18.7 Å². The number of allylic oxidation sites excluding steroid dienone is 2. The normalized spacial score (nSPS) is 26.1. The summed E-state index contributed by atoms with van der Waals surface area (Å²) in [4.78, 5) is 12.9. The van der Waals surface area contributed by atoms with Crippen LogP contribution in [0.5, 0.6) is 0 Å². The van der Waals surface area contributed by atoms with E-state index in [-0.39, 0.29) is 5.78 Å². The summed E-state index contributed by atoms with van der Waals surface area (Å²) >= 11 is 1.40. The van der Waals surface area contributed by atoms with Gasteiger partial charge in [0.1, 0.15) is 18.0 Å². The summed E-state index contributed by atoms with van der Waals surface area (Å²) in [7, 11) is 1.58. The third kappa shape index (κ3) is 7.09. The highest BCUT2D eigenvalue weighted by molar-refractivity contribution is 8.04. The van der Waals surface area contributed by atoms with Gasteiger partial charge in [-0.25, -0.2) is 0 Å². The van der Waals surface area contributed by atoms with Crippen LogP contribution in [0.3, 0.4) is 0 Å². The fourth-order valence-corrected chi connectivity index (χ4v) is 6.20. The van der Waals surface area contributed by atoms with Gasteiger partial charge in [0.15, 0.2) is 18.2 Å². The molecular weight excluding hydrogens is 540 g/mol. The van der Waals surface area contributed by atoms with Gasteiger partial charge < -0.3 is 28.4 Å². The monoisotopic (exact) mass is 576 g/mol. The smallest absolute Gasteiger partial charge is 0.250 e. The van der Waals surface area contributed by atoms with Gasteiger partial charge in [0.05, 0.1) is 30.5 Å². The Balaban J connectivity index is 1.51. The lowest BCUT2D eigenvalue weighted by molar-refractivity contribution is -0.399. The van der Waals surface area contributed by atoms with Crippen molar-refractivity contribution in [1.82, 2.24) is 0 Å². The Bertz CT molecular complexity index is 1300. The first-order chi connectivity index (χ1) is 20.0.